The third-order valence-electron chi connectivity index (χ3n) is 10.9. The largest absolute Gasteiger partial charge is 0.511 e. The molecule has 6 N–H and O–H groups in total. The Bertz CT molecular complexity index is 1430. The van der Waals surface area contributed by atoms with Crippen LogP contribution in [0.3, 0.4) is 0 Å². The number of hydrogen-bond donors (Lipinski definition) is 6. The summed E-state index contributed by atoms with van der Waals surface area (Å²) in [6, 6.07) is 0. The average molecular weight is 686 g/mol. The van der Waals surface area contributed by atoms with Crippen LogP contribution in [0.4, 0.5) is 0 Å². The van der Waals surface area contributed by atoms with E-state index in [1.54, 1.807) is 27.7 Å². The summed E-state index contributed by atoms with van der Waals surface area (Å²) in [5.41, 5.74) is -1.78. The average Bonchev–Trinajstić information content (AvgIpc) is 3.03. The molecule has 2 rings (SSSR count). The Morgan fingerprint density at radius 2 is 1.55 bits per heavy atom. The molecule has 0 aliphatic heterocycles. The van der Waals surface area contributed by atoms with E-state index in [1.165, 1.54) is 26.0 Å². The van der Waals surface area contributed by atoms with Gasteiger partial charge in [-0.1, -0.05) is 88.0 Å². The molecule has 0 aromatic heterocycles. The number of allylic oxidation sites excluding steroid dienone is 7. The molecule has 10 heteroatoms. The zero-order valence-corrected chi connectivity index (χ0v) is 31.1. The van der Waals surface area contributed by atoms with Crippen molar-refractivity contribution in [3.8, 4) is 0 Å². The van der Waals surface area contributed by atoms with E-state index in [9.17, 15) is 44.7 Å². The Hall–Kier alpha value is -3.18. The second-order valence-electron chi connectivity index (χ2n) is 15.5. The molecule has 0 aromatic rings. The molecule has 0 bridgehead atoms. The normalized spacial score (nSPS) is 25.1. The summed E-state index contributed by atoms with van der Waals surface area (Å²) in [5, 5.41) is 58.7. The van der Waals surface area contributed by atoms with Gasteiger partial charge >= 0.3 is 0 Å². The lowest BCUT2D eigenvalue weighted by atomic mass is 9.66. The molecule has 0 spiro atoms. The van der Waals surface area contributed by atoms with E-state index >= 15 is 0 Å². The van der Waals surface area contributed by atoms with Crippen LogP contribution in [0, 0.1) is 46.8 Å². The lowest BCUT2D eigenvalue weighted by Crippen LogP contribution is -2.48. The van der Waals surface area contributed by atoms with E-state index in [0.717, 1.165) is 12.5 Å². The zero-order chi connectivity index (χ0) is 37.9. The molecule has 10 nitrogen and oxygen atoms in total. The summed E-state index contributed by atoms with van der Waals surface area (Å²) in [6.07, 6.45) is 0.174. The number of amides is 1. The van der Waals surface area contributed by atoms with Crippen LogP contribution in [0.5, 0.6) is 0 Å². The van der Waals surface area contributed by atoms with Gasteiger partial charge in [0, 0.05) is 40.5 Å². The van der Waals surface area contributed by atoms with Gasteiger partial charge in [-0.05, 0) is 42.9 Å². The number of aliphatic hydroxyl groups is 5. The van der Waals surface area contributed by atoms with Gasteiger partial charge in [0.05, 0.1) is 41.6 Å². The first-order valence-electron chi connectivity index (χ1n) is 17.4. The SMILES string of the molecule is C=C/C=C(/C)C(=O)NC1=CC(=O)C2=C(C1=O)C(O)C(C)C(=O)C2=C(O)C(C)CC(C)[C@H](O)[C@@H](C)[C@@H](O)[C@H](C)[C@H](O)C(C)(C)[C@H](C)CC(C)C. The van der Waals surface area contributed by atoms with Crippen molar-refractivity contribution in [2.45, 2.75) is 113 Å². The van der Waals surface area contributed by atoms with E-state index in [4.69, 9.17) is 0 Å². The van der Waals surface area contributed by atoms with Crippen LogP contribution in [0.1, 0.15) is 89.0 Å². The molecule has 49 heavy (non-hydrogen) atoms. The zero-order valence-electron chi connectivity index (χ0n) is 31.1. The molecule has 2 aliphatic rings. The molecule has 274 valence electrons. The minimum absolute atomic E-state index is 0.141. The highest BCUT2D eigenvalue weighted by molar-refractivity contribution is 6.30. The lowest BCUT2D eigenvalue weighted by molar-refractivity contribution is -0.125. The van der Waals surface area contributed by atoms with Gasteiger partial charge in [0.1, 0.15) is 5.76 Å². The number of Topliss-reactive ketones (excluding diaryl/α,β-unsaturated/α-hetero) is 2. The van der Waals surface area contributed by atoms with E-state index in [1.807, 2.05) is 13.8 Å². The molecule has 0 heterocycles. The minimum Gasteiger partial charge on any atom is -0.511 e. The van der Waals surface area contributed by atoms with Gasteiger partial charge in [0.15, 0.2) is 11.6 Å². The van der Waals surface area contributed by atoms with Crippen LogP contribution in [0.15, 0.2) is 58.6 Å². The Labute approximate surface area is 291 Å². The molecular weight excluding hydrogens is 626 g/mol. The molecule has 0 fully saturated rings. The van der Waals surface area contributed by atoms with Crippen molar-refractivity contribution < 1.29 is 44.7 Å². The first-order chi connectivity index (χ1) is 22.5. The fraction of sp³-hybridized carbons (Fsp3) is 0.641. The molecule has 0 aromatic carbocycles. The standard InChI is InChI=1S/C39H59NO9/c1-13-14-19(4)38(49)40-26-17-27(41)28-29(34(45)24(9)35(46)30(28)36(26)47)32(43)21(6)16-20(5)31(42)23(8)33(44)25(10)37(48)39(11,12)22(7)15-18(2)3/h13-14,17-18,20-25,31,33,35,37,42-44,46,48H,1,15-16H2,2-12H3,(H,40,49)/b19-14-,32-29?/t20?,21?,22-,23-,24?,25+,31+,33-,35?,37+/m1/s1. The number of rotatable bonds is 15. The van der Waals surface area contributed by atoms with E-state index in [-0.39, 0.29) is 34.8 Å². The molecule has 4 unspecified atom stereocenters. The highest BCUT2D eigenvalue weighted by atomic mass is 16.3. The van der Waals surface area contributed by atoms with Crippen LogP contribution in [0.25, 0.3) is 0 Å². The number of hydrogen-bond acceptors (Lipinski definition) is 9. The number of nitrogens with one attached hydrogen (secondary N) is 1. The van der Waals surface area contributed by atoms with Crippen LogP contribution in [-0.2, 0) is 19.2 Å². The molecule has 0 saturated heterocycles. The Morgan fingerprint density at radius 3 is 2.08 bits per heavy atom. The van der Waals surface area contributed by atoms with Gasteiger partial charge in [-0.2, -0.15) is 0 Å². The van der Waals surface area contributed by atoms with Gasteiger partial charge in [0.2, 0.25) is 5.78 Å². The summed E-state index contributed by atoms with van der Waals surface area (Å²) in [6.45, 7) is 23.6. The summed E-state index contributed by atoms with van der Waals surface area (Å²) < 4.78 is 0. The predicted molar refractivity (Wildman–Crippen MR) is 189 cm³/mol. The van der Waals surface area contributed by atoms with Crippen molar-refractivity contribution in [2.24, 2.45) is 46.8 Å². The van der Waals surface area contributed by atoms with Crippen LogP contribution in [0.2, 0.25) is 0 Å². The Kier molecular flexibility index (Phi) is 14.3. The smallest absolute Gasteiger partial charge is 0.251 e. The number of carbonyl (C=O) groups is 4. The molecule has 2 aliphatic carbocycles. The van der Waals surface area contributed by atoms with E-state index in [0.29, 0.717) is 5.92 Å². The summed E-state index contributed by atoms with van der Waals surface area (Å²) in [5.74, 6) is -6.52. The van der Waals surface area contributed by atoms with Crippen molar-refractivity contribution in [1.82, 2.24) is 5.32 Å². The molecular formula is C39H59NO9. The first kappa shape index (κ1) is 42.0. The minimum atomic E-state index is -1.64. The molecule has 1 amide bonds. The second-order valence-corrected chi connectivity index (χ2v) is 15.5. The number of ketones is 3. The fourth-order valence-electron chi connectivity index (χ4n) is 7.19. The highest BCUT2D eigenvalue weighted by Crippen LogP contribution is 2.41. The quantitative estimate of drug-likeness (QED) is 0.0617. The second kappa shape index (κ2) is 16.7. The highest BCUT2D eigenvalue weighted by Gasteiger charge is 2.47. The van der Waals surface area contributed by atoms with Crippen molar-refractivity contribution in [2.75, 3.05) is 0 Å². The van der Waals surface area contributed by atoms with Gasteiger partial charge in [-0.25, -0.2) is 0 Å². The third kappa shape index (κ3) is 8.95. The topological polar surface area (TPSA) is 181 Å². The van der Waals surface area contributed by atoms with E-state index < -0.39 is 94.0 Å². The van der Waals surface area contributed by atoms with Gasteiger partial charge in [0.25, 0.3) is 5.91 Å². The van der Waals surface area contributed by atoms with Gasteiger partial charge in [-0.15, -0.1) is 0 Å². The lowest BCUT2D eigenvalue weighted by Gasteiger charge is -2.43. The molecule has 0 saturated carbocycles. The Balaban J connectivity index is 2.35. The van der Waals surface area contributed by atoms with Gasteiger partial charge < -0.3 is 30.8 Å². The summed E-state index contributed by atoms with van der Waals surface area (Å²) in [7, 11) is 0. The predicted octanol–water partition coefficient (Wildman–Crippen LogP) is 4.68. The van der Waals surface area contributed by atoms with Gasteiger partial charge in [-0.3, -0.25) is 19.2 Å². The monoisotopic (exact) mass is 685 g/mol. The van der Waals surface area contributed by atoms with E-state index in [2.05, 4.69) is 32.7 Å². The van der Waals surface area contributed by atoms with Crippen molar-refractivity contribution in [1.29, 1.82) is 0 Å². The van der Waals surface area contributed by atoms with Crippen LogP contribution >= 0.6 is 0 Å². The molecule has 10 atom stereocenters. The van der Waals surface area contributed by atoms with Crippen LogP contribution < -0.4 is 5.32 Å². The number of aliphatic hydroxyl groups excluding tert-OH is 5. The third-order valence-corrected chi connectivity index (χ3v) is 10.9. The van der Waals surface area contributed by atoms with Crippen molar-refractivity contribution >= 4 is 23.3 Å². The van der Waals surface area contributed by atoms with Crippen molar-refractivity contribution in [3.63, 3.8) is 0 Å². The first-order valence-corrected chi connectivity index (χ1v) is 17.4. The maximum Gasteiger partial charge on any atom is 0.251 e. The fourth-order valence-corrected chi connectivity index (χ4v) is 7.19. The molecule has 0 radical (unpaired) electrons. The number of carbonyl (C=O) groups excluding carboxylic acids is 4. The summed E-state index contributed by atoms with van der Waals surface area (Å²) >= 11 is 0. The maximum absolute atomic E-state index is 13.5. The summed E-state index contributed by atoms with van der Waals surface area (Å²) in [4.78, 5) is 52.9. The maximum atomic E-state index is 13.5. The van der Waals surface area contributed by atoms with Crippen LogP contribution in [-0.4, -0.2) is 73.2 Å². The van der Waals surface area contributed by atoms with Crippen molar-refractivity contribution in [3.05, 3.63) is 58.6 Å². The Morgan fingerprint density at radius 1 is 0.980 bits per heavy atom.